The van der Waals surface area contributed by atoms with Crippen LogP contribution in [0.3, 0.4) is 0 Å². The summed E-state index contributed by atoms with van der Waals surface area (Å²) >= 11 is 0. The number of aryl methyl sites for hydroxylation is 1. The Balaban J connectivity index is 1.56. The minimum absolute atomic E-state index is 0.0195. The Labute approximate surface area is 211 Å². The van der Waals surface area contributed by atoms with Crippen molar-refractivity contribution in [2.45, 2.75) is 52.7 Å². The molecular weight excluding hydrogens is 490 g/mol. The average molecular weight is 524 g/mol. The molecule has 0 saturated carbocycles. The van der Waals surface area contributed by atoms with E-state index in [0.717, 1.165) is 0 Å². The number of nitrogens with one attached hydrogen (secondary N) is 1. The van der Waals surface area contributed by atoms with Crippen molar-refractivity contribution in [1.29, 1.82) is 0 Å². The van der Waals surface area contributed by atoms with Gasteiger partial charge in [0.1, 0.15) is 28.1 Å². The highest BCUT2D eigenvalue weighted by molar-refractivity contribution is 7.90. The number of hydroxylamine groups is 2. The van der Waals surface area contributed by atoms with E-state index >= 15 is 0 Å². The maximum atomic E-state index is 11.7. The molecule has 2 aromatic rings. The van der Waals surface area contributed by atoms with Crippen LogP contribution in [0.4, 0.5) is 10.6 Å². The third-order valence-corrected chi connectivity index (χ3v) is 6.18. The van der Waals surface area contributed by atoms with Gasteiger partial charge >= 0.3 is 6.16 Å². The Kier molecular flexibility index (Phi) is 9.26. The van der Waals surface area contributed by atoms with E-state index in [2.05, 4.69) is 20.3 Å². The second-order valence-corrected chi connectivity index (χ2v) is 11.1. The summed E-state index contributed by atoms with van der Waals surface area (Å²) in [5.41, 5.74) is 1.26. The predicted molar refractivity (Wildman–Crippen MR) is 132 cm³/mol. The number of carbonyl (C=O) groups is 1. The summed E-state index contributed by atoms with van der Waals surface area (Å²) in [6.45, 7) is 8.43. The van der Waals surface area contributed by atoms with Gasteiger partial charge in [0.15, 0.2) is 5.75 Å². The molecule has 0 radical (unpaired) electrons. The molecule has 0 aromatic carbocycles. The zero-order valence-corrected chi connectivity index (χ0v) is 22.0. The molecule has 0 spiro atoms. The molecule has 1 aliphatic rings. The number of carbonyl (C=O) groups excluding carboxylic acids is 1. The van der Waals surface area contributed by atoms with Crippen LogP contribution in [0.2, 0.25) is 0 Å². The van der Waals surface area contributed by atoms with Crippen LogP contribution in [0.1, 0.15) is 37.9 Å². The van der Waals surface area contributed by atoms with Crippen LogP contribution >= 0.6 is 0 Å². The monoisotopic (exact) mass is 523 g/mol. The van der Waals surface area contributed by atoms with Crippen molar-refractivity contribution in [3.05, 3.63) is 29.7 Å². The van der Waals surface area contributed by atoms with Crippen LogP contribution in [-0.2, 0) is 19.4 Å². The zero-order valence-electron chi connectivity index (χ0n) is 21.2. The van der Waals surface area contributed by atoms with Gasteiger partial charge in [0.2, 0.25) is 11.8 Å². The van der Waals surface area contributed by atoms with Gasteiger partial charge in [-0.15, -0.1) is 5.06 Å². The average Bonchev–Trinajstić information content (AvgIpc) is 2.78. The topological polar surface area (TPSA) is 142 Å². The number of hydrogen-bond acceptors (Lipinski definition) is 12. The maximum absolute atomic E-state index is 11.7. The molecular formula is C23H33N5O7S. The van der Waals surface area contributed by atoms with Crippen LogP contribution in [0.25, 0.3) is 0 Å². The molecule has 36 heavy (non-hydrogen) atoms. The first kappa shape index (κ1) is 27.4. The molecule has 1 saturated heterocycles. The van der Waals surface area contributed by atoms with Crippen molar-refractivity contribution in [3.8, 4) is 17.5 Å². The van der Waals surface area contributed by atoms with Crippen molar-refractivity contribution in [2.75, 3.05) is 37.0 Å². The Morgan fingerprint density at radius 3 is 2.50 bits per heavy atom. The smallest absolute Gasteiger partial charge is 0.474 e. The van der Waals surface area contributed by atoms with Crippen molar-refractivity contribution < 1.29 is 32.3 Å². The van der Waals surface area contributed by atoms with Crippen LogP contribution < -0.4 is 14.8 Å². The molecule has 1 aliphatic heterocycles. The molecule has 1 fully saturated rings. The van der Waals surface area contributed by atoms with E-state index in [1.807, 2.05) is 6.92 Å². The van der Waals surface area contributed by atoms with E-state index in [0.29, 0.717) is 60.5 Å². The third kappa shape index (κ3) is 8.48. The van der Waals surface area contributed by atoms with Gasteiger partial charge in [-0.25, -0.2) is 28.2 Å². The summed E-state index contributed by atoms with van der Waals surface area (Å²) in [5, 5.41) is 4.56. The first-order valence-electron chi connectivity index (χ1n) is 11.7. The second-order valence-electron chi connectivity index (χ2n) is 8.80. The van der Waals surface area contributed by atoms with Crippen LogP contribution in [0.5, 0.6) is 17.5 Å². The summed E-state index contributed by atoms with van der Waals surface area (Å²) in [6, 6.07) is 3.46. The van der Waals surface area contributed by atoms with Crippen molar-refractivity contribution in [1.82, 2.24) is 20.0 Å². The molecule has 1 N–H and O–H groups in total. The summed E-state index contributed by atoms with van der Waals surface area (Å²) in [4.78, 5) is 29.8. The molecule has 0 atom stereocenters. The van der Waals surface area contributed by atoms with Gasteiger partial charge in [-0.2, -0.15) is 0 Å². The van der Waals surface area contributed by atoms with E-state index in [-0.39, 0.29) is 24.5 Å². The Morgan fingerprint density at radius 2 is 1.86 bits per heavy atom. The van der Waals surface area contributed by atoms with Crippen molar-refractivity contribution in [3.63, 3.8) is 0 Å². The second kappa shape index (κ2) is 12.2. The maximum Gasteiger partial charge on any atom is 0.528 e. The van der Waals surface area contributed by atoms with E-state index < -0.39 is 16.0 Å². The highest BCUT2D eigenvalue weighted by atomic mass is 32.2. The SMILES string of the molecule is Cc1nc(NCCS(C)(=O)=O)ccc1Oc1ncnc(OC2CCN(OC(=O)OC(C)C)CC2)c1C. The molecule has 3 rings (SSSR count). The lowest BCUT2D eigenvalue weighted by Crippen LogP contribution is -2.40. The largest absolute Gasteiger partial charge is 0.528 e. The molecule has 0 bridgehead atoms. The number of hydrogen-bond donors (Lipinski definition) is 1. The standard InChI is InChI=1S/C23H33N5O7S/c1-15(2)32-23(29)35-28-11-8-18(9-12-28)33-21-16(3)22(26-14-25-21)34-19-6-7-20(27-17(19)4)24-10-13-36(5,30)31/h6-7,14-15,18H,8-13H2,1-5H3,(H,24,27). The molecule has 0 unspecified atom stereocenters. The van der Waals surface area contributed by atoms with Gasteiger partial charge < -0.3 is 24.4 Å². The van der Waals surface area contributed by atoms with Gasteiger partial charge in [-0.3, -0.25) is 0 Å². The summed E-state index contributed by atoms with van der Waals surface area (Å²) in [6.07, 6.45) is 2.81. The molecule has 0 aliphatic carbocycles. The predicted octanol–water partition coefficient (Wildman–Crippen LogP) is 3.06. The van der Waals surface area contributed by atoms with Crippen molar-refractivity contribution >= 4 is 21.8 Å². The Hall–Kier alpha value is -3.19. The van der Waals surface area contributed by atoms with Gasteiger partial charge in [0, 0.05) is 38.7 Å². The lowest BCUT2D eigenvalue weighted by atomic mass is 10.1. The minimum Gasteiger partial charge on any atom is -0.474 e. The fourth-order valence-electron chi connectivity index (χ4n) is 3.38. The van der Waals surface area contributed by atoms with E-state index in [4.69, 9.17) is 19.0 Å². The number of pyridine rings is 1. The van der Waals surface area contributed by atoms with E-state index in [1.165, 1.54) is 12.6 Å². The third-order valence-electron chi connectivity index (χ3n) is 5.23. The van der Waals surface area contributed by atoms with Gasteiger partial charge in [0.05, 0.1) is 23.1 Å². The number of sulfone groups is 1. The Bertz CT molecular complexity index is 1150. The summed E-state index contributed by atoms with van der Waals surface area (Å²) in [5.74, 6) is 1.85. The van der Waals surface area contributed by atoms with Gasteiger partial charge in [-0.05, 0) is 39.8 Å². The normalized spacial score (nSPS) is 14.9. The molecule has 0 amide bonds. The first-order chi connectivity index (χ1) is 17.0. The highest BCUT2D eigenvalue weighted by Crippen LogP contribution is 2.30. The fourth-order valence-corrected chi connectivity index (χ4v) is 3.86. The molecule has 2 aromatic heterocycles. The summed E-state index contributed by atoms with van der Waals surface area (Å²) < 4.78 is 39.7. The van der Waals surface area contributed by atoms with E-state index in [1.54, 1.807) is 38.0 Å². The van der Waals surface area contributed by atoms with Gasteiger partial charge in [0.25, 0.3) is 0 Å². The zero-order chi connectivity index (χ0) is 26.3. The number of anilines is 1. The number of ether oxygens (including phenoxy) is 3. The first-order valence-corrected chi connectivity index (χ1v) is 13.7. The summed E-state index contributed by atoms with van der Waals surface area (Å²) in [7, 11) is -3.05. The van der Waals surface area contributed by atoms with Crippen LogP contribution in [0, 0.1) is 13.8 Å². The van der Waals surface area contributed by atoms with E-state index in [9.17, 15) is 13.2 Å². The quantitative estimate of drug-likeness (QED) is 0.457. The minimum atomic E-state index is -3.05. The van der Waals surface area contributed by atoms with Crippen molar-refractivity contribution in [2.24, 2.45) is 0 Å². The number of nitrogens with zero attached hydrogens (tertiary/aromatic N) is 4. The number of piperidine rings is 1. The van der Waals surface area contributed by atoms with Crippen LogP contribution in [0.15, 0.2) is 18.5 Å². The number of rotatable bonds is 10. The molecule has 198 valence electrons. The number of aromatic nitrogens is 3. The Morgan fingerprint density at radius 1 is 1.17 bits per heavy atom. The molecule has 12 nitrogen and oxygen atoms in total. The fraction of sp³-hybridized carbons (Fsp3) is 0.565. The highest BCUT2D eigenvalue weighted by Gasteiger charge is 2.25. The molecule has 3 heterocycles. The molecule has 13 heteroatoms. The lowest BCUT2D eigenvalue weighted by Gasteiger charge is -2.30. The lowest BCUT2D eigenvalue weighted by molar-refractivity contribution is -0.151. The van der Waals surface area contributed by atoms with Crippen LogP contribution in [-0.4, -0.2) is 78.4 Å². The van der Waals surface area contributed by atoms with Gasteiger partial charge in [-0.1, -0.05) is 0 Å².